The molecule has 7 nitrogen and oxygen atoms in total. The lowest BCUT2D eigenvalue weighted by molar-refractivity contribution is 0.0172. The van der Waals surface area contributed by atoms with Crippen LogP contribution in [-0.2, 0) is 16.5 Å². The second kappa shape index (κ2) is 5.05. The summed E-state index contributed by atoms with van der Waals surface area (Å²) in [4.78, 5) is 16.7. The zero-order chi connectivity index (χ0) is 15.3. The highest BCUT2D eigenvalue weighted by Crippen LogP contribution is 2.35. The molecule has 116 valence electrons. The van der Waals surface area contributed by atoms with Crippen LogP contribution in [0.2, 0.25) is 0 Å². The van der Waals surface area contributed by atoms with E-state index in [2.05, 4.69) is 4.98 Å². The summed E-state index contributed by atoms with van der Waals surface area (Å²) in [6.07, 6.45) is 4.10. The van der Waals surface area contributed by atoms with E-state index in [9.17, 15) is 9.90 Å². The lowest BCUT2D eigenvalue weighted by Gasteiger charge is -2.19. The number of rotatable bonds is 2. The van der Waals surface area contributed by atoms with Crippen LogP contribution in [0.4, 0.5) is 0 Å². The molecule has 2 fully saturated rings. The number of nitrogens with zero attached hydrogens (tertiary/aromatic N) is 3. The van der Waals surface area contributed by atoms with E-state index >= 15 is 0 Å². The third kappa shape index (κ3) is 1.93. The fourth-order valence-electron chi connectivity index (χ4n) is 3.25. The Morgan fingerprint density at radius 3 is 2.95 bits per heavy atom. The number of aliphatic hydroxyl groups excluding tert-OH is 1. The molecule has 0 radical (unpaired) electrons. The van der Waals surface area contributed by atoms with Crippen LogP contribution in [0.5, 0.6) is 0 Å². The highest BCUT2D eigenvalue weighted by atomic mass is 16.6. The molecule has 4 heterocycles. The van der Waals surface area contributed by atoms with Gasteiger partial charge in [-0.3, -0.25) is 4.79 Å². The number of aryl methyl sites for hydroxylation is 1. The normalized spacial score (nSPS) is 30.6. The zero-order valence-corrected chi connectivity index (χ0v) is 12.1. The average molecular weight is 303 g/mol. The third-order valence-electron chi connectivity index (χ3n) is 4.39. The number of fused-ring (bicyclic) bond motifs is 1. The standard InChI is InChI=1S/C15H17N3O4/c1-17-5-2-3-9(15(17)20)14-16-4-6-18(14)10-7-21-13-11(19)8-22-12(10)13/h2-6,10-13,19H,7-8H2,1H3/t10-,11+,12+,13+/m0/s1. The van der Waals surface area contributed by atoms with Gasteiger partial charge in [0, 0.05) is 25.6 Å². The first-order valence-corrected chi connectivity index (χ1v) is 7.27. The summed E-state index contributed by atoms with van der Waals surface area (Å²) in [5.41, 5.74) is 0.440. The highest BCUT2D eigenvalue weighted by molar-refractivity contribution is 5.54. The van der Waals surface area contributed by atoms with Gasteiger partial charge in [0.2, 0.25) is 0 Å². The van der Waals surface area contributed by atoms with Gasteiger partial charge in [0.15, 0.2) is 0 Å². The lowest BCUT2D eigenvalue weighted by Crippen LogP contribution is -2.30. The first kappa shape index (κ1) is 13.7. The Morgan fingerprint density at radius 1 is 1.27 bits per heavy atom. The Labute approximate surface area is 126 Å². The Balaban J connectivity index is 1.75. The maximum atomic E-state index is 12.3. The number of hydrogen-bond acceptors (Lipinski definition) is 5. The van der Waals surface area contributed by atoms with Crippen LogP contribution in [0.3, 0.4) is 0 Å². The maximum absolute atomic E-state index is 12.3. The van der Waals surface area contributed by atoms with Gasteiger partial charge >= 0.3 is 0 Å². The summed E-state index contributed by atoms with van der Waals surface area (Å²) in [6, 6.07) is 3.49. The molecule has 0 saturated carbocycles. The number of aliphatic hydroxyl groups is 1. The SMILES string of the molecule is Cn1cccc(-c2nccn2[C@H]2CO[C@H]3[C@@H]2OC[C@H]3O)c1=O. The lowest BCUT2D eigenvalue weighted by atomic mass is 10.1. The van der Waals surface area contributed by atoms with Crippen LogP contribution in [0.15, 0.2) is 35.5 Å². The van der Waals surface area contributed by atoms with Gasteiger partial charge in [-0.1, -0.05) is 0 Å². The number of ether oxygens (including phenoxy) is 2. The highest BCUT2D eigenvalue weighted by Gasteiger charge is 2.48. The van der Waals surface area contributed by atoms with Crippen molar-refractivity contribution in [2.75, 3.05) is 13.2 Å². The Bertz CT molecular complexity index is 753. The number of pyridine rings is 1. The van der Waals surface area contributed by atoms with E-state index in [1.807, 2.05) is 16.8 Å². The molecule has 2 aromatic rings. The molecule has 0 spiro atoms. The molecule has 2 aromatic heterocycles. The summed E-state index contributed by atoms with van der Waals surface area (Å²) in [7, 11) is 1.71. The molecule has 4 rings (SSSR count). The van der Waals surface area contributed by atoms with Crippen molar-refractivity contribution in [1.82, 2.24) is 14.1 Å². The zero-order valence-electron chi connectivity index (χ0n) is 12.1. The summed E-state index contributed by atoms with van der Waals surface area (Å²) in [6.45, 7) is 0.714. The summed E-state index contributed by atoms with van der Waals surface area (Å²) >= 11 is 0. The molecule has 22 heavy (non-hydrogen) atoms. The second-order valence-electron chi connectivity index (χ2n) is 5.73. The van der Waals surface area contributed by atoms with Crippen molar-refractivity contribution in [2.45, 2.75) is 24.4 Å². The fraction of sp³-hybridized carbons (Fsp3) is 0.467. The molecule has 7 heteroatoms. The second-order valence-corrected chi connectivity index (χ2v) is 5.73. The number of imidazole rings is 1. The van der Waals surface area contributed by atoms with Crippen molar-refractivity contribution in [2.24, 2.45) is 7.05 Å². The van der Waals surface area contributed by atoms with Gasteiger partial charge in [0.25, 0.3) is 5.56 Å². The van der Waals surface area contributed by atoms with Crippen LogP contribution in [-0.4, -0.2) is 50.8 Å². The average Bonchev–Trinajstić information content (AvgIpc) is 3.19. The molecule has 0 unspecified atom stereocenters. The van der Waals surface area contributed by atoms with E-state index in [1.165, 1.54) is 4.57 Å². The van der Waals surface area contributed by atoms with E-state index in [-0.39, 0.29) is 30.4 Å². The van der Waals surface area contributed by atoms with E-state index in [1.54, 1.807) is 25.5 Å². The summed E-state index contributed by atoms with van der Waals surface area (Å²) in [5.74, 6) is 0.598. The van der Waals surface area contributed by atoms with E-state index in [0.717, 1.165) is 0 Å². The minimum Gasteiger partial charge on any atom is -0.388 e. The van der Waals surface area contributed by atoms with Crippen LogP contribution >= 0.6 is 0 Å². The molecule has 2 saturated heterocycles. The van der Waals surface area contributed by atoms with Gasteiger partial charge in [0.05, 0.1) is 24.8 Å². The molecule has 0 aliphatic carbocycles. The molecule has 4 atom stereocenters. The van der Waals surface area contributed by atoms with E-state index < -0.39 is 6.10 Å². The van der Waals surface area contributed by atoms with Crippen molar-refractivity contribution >= 4 is 0 Å². The minimum absolute atomic E-state index is 0.0930. The van der Waals surface area contributed by atoms with Crippen molar-refractivity contribution < 1.29 is 14.6 Å². The Morgan fingerprint density at radius 2 is 2.09 bits per heavy atom. The van der Waals surface area contributed by atoms with E-state index in [4.69, 9.17) is 9.47 Å². The third-order valence-corrected chi connectivity index (χ3v) is 4.39. The topological polar surface area (TPSA) is 78.5 Å². The molecular weight excluding hydrogens is 286 g/mol. The Hall–Kier alpha value is -1.96. The smallest absolute Gasteiger partial charge is 0.261 e. The van der Waals surface area contributed by atoms with Crippen LogP contribution in [0.1, 0.15) is 6.04 Å². The molecular formula is C15H17N3O4. The summed E-state index contributed by atoms with van der Waals surface area (Å²) in [5, 5.41) is 9.85. The van der Waals surface area contributed by atoms with Crippen LogP contribution < -0.4 is 5.56 Å². The van der Waals surface area contributed by atoms with Gasteiger partial charge in [-0.2, -0.15) is 0 Å². The molecule has 2 aliphatic heterocycles. The van der Waals surface area contributed by atoms with Gasteiger partial charge in [0.1, 0.15) is 24.1 Å². The maximum Gasteiger partial charge on any atom is 0.261 e. The molecule has 0 aromatic carbocycles. The molecule has 2 aliphatic rings. The summed E-state index contributed by atoms with van der Waals surface area (Å²) < 4.78 is 14.8. The van der Waals surface area contributed by atoms with Gasteiger partial charge in [-0.05, 0) is 12.1 Å². The predicted octanol–water partition coefficient (Wildman–Crippen LogP) is -0.0516. The van der Waals surface area contributed by atoms with Crippen molar-refractivity contribution in [3.05, 3.63) is 41.1 Å². The van der Waals surface area contributed by atoms with Crippen LogP contribution in [0.25, 0.3) is 11.4 Å². The van der Waals surface area contributed by atoms with Crippen molar-refractivity contribution in [3.63, 3.8) is 0 Å². The van der Waals surface area contributed by atoms with Crippen LogP contribution in [0, 0.1) is 0 Å². The van der Waals surface area contributed by atoms with Gasteiger partial charge in [-0.15, -0.1) is 0 Å². The Kier molecular flexibility index (Phi) is 3.14. The van der Waals surface area contributed by atoms with Gasteiger partial charge < -0.3 is 23.7 Å². The van der Waals surface area contributed by atoms with Crippen molar-refractivity contribution in [3.8, 4) is 11.4 Å². The largest absolute Gasteiger partial charge is 0.388 e. The molecule has 0 bridgehead atoms. The quantitative estimate of drug-likeness (QED) is 0.841. The van der Waals surface area contributed by atoms with Gasteiger partial charge in [-0.25, -0.2) is 4.98 Å². The predicted molar refractivity (Wildman–Crippen MR) is 77.4 cm³/mol. The first-order valence-electron chi connectivity index (χ1n) is 7.27. The number of aromatic nitrogens is 3. The van der Waals surface area contributed by atoms with E-state index in [0.29, 0.717) is 18.0 Å². The number of hydrogen-bond donors (Lipinski definition) is 1. The minimum atomic E-state index is -0.591. The fourth-order valence-corrected chi connectivity index (χ4v) is 3.25. The monoisotopic (exact) mass is 303 g/mol. The molecule has 1 N–H and O–H groups in total. The van der Waals surface area contributed by atoms with Crippen molar-refractivity contribution in [1.29, 1.82) is 0 Å². The first-order chi connectivity index (χ1) is 10.7. The molecule has 0 amide bonds.